The number of halogens is 1. The number of benzene rings is 1. The van der Waals surface area contributed by atoms with Crippen LogP contribution in [0.15, 0.2) is 36.4 Å². The molecular weight excluding hydrogens is 480 g/mol. The molecule has 1 atom stereocenters. The number of hydrogen-bond donors (Lipinski definition) is 3. The van der Waals surface area contributed by atoms with E-state index >= 15 is 0 Å². The van der Waals surface area contributed by atoms with Crippen LogP contribution in [0.4, 0.5) is 5.82 Å². The maximum atomic E-state index is 12.5. The van der Waals surface area contributed by atoms with Crippen molar-refractivity contribution in [2.45, 2.75) is 51.0 Å². The minimum atomic E-state index is -1.04. The van der Waals surface area contributed by atoms with Gasteiger partial charge in [0.25, 0.3) is 0 Å². The number of carboxylic acids is 1. The topological polar surface area (TPSA) is 104 Å². The number of anilines is 1. The summed E-state index contributed by atoms with van der Waals surface area (Å²) in [5, 5.41) is 16.2. The maximum absolute atomic E-state index is 12.5. The molecule has 0 saturated heterocycles. The largest absolute Gasteiger partial charge is 0.480 e. The van der Waals surface area contributed by atoms with Gasteiger partial charge in [-0.3, -0.25) is 4.79 Å². The molecule has 1 amide bonds. The van der Waals surface area contributed by atoms with E-state index in [9.17, 15) is 14.7 Å². The number of carboxylic acid groups (broad SMARTS) is 1. The van der Waals surface area contributed by atoms with Crippen LogP contribution in [0.1, 0.15) is 42.5 Å². The molecule has 0 bridgehead atoms. The molecule has 1 aliphatic rings. The summed E-state index contributed by atoms with van der Waals surface area (Å²) in [7, 11) is 1.66. The molecule has 196 valence electrons. The minimum absolute atomic E-state index is 0.0447. The summed E-state index contributed by atoms with van der Waals surface area (Å²) in [6, 6.07) is 10.4. The number of pyridine rings is 1. The highest BCUT2D eigenvalue weighted by molar-refractivity contribution is 6.31. The standard InChI is InChI=1S/C27H37ClN4O4/c1-36-18-17-32(15-5-4-9-22-12-11-20-8-6-14-29-26(20)30-22)16-13-24(27(34)35)31-25(33)19-21-7-2-3-10-23(21)28/h2-3,7,10-12,24H,4-6,8-9,13-19H2,1H3,(H,29,30)(H,31,33)(H,34,35). The molecule has 3 rings (SSSR count). The van der Waals surface area contributed by atoms with Crippen molar-refractivity contribution in [3.05, 3.63) is 58.2 Å². The lowest BCUT2D eigenvalue weighted by molar-refractivity contribution is -0.142. The molecule has 0 fully saturated rings. The molecule has 0 radical (unpaired) electrons. The zero-order chi connectivity index (χ0) is 25.8. The van der Waals surface area contributed by atoms with Gasteiger partial charge in [0.15, 0.2) is 0 Å². The molecule has 0 spiro atoms. The number of aliphatic carboxylic acids is 1. The smallest absolute Gasteiger partial charge is 0.326 e. The highest BCUT2D eigenvalue weighted by Crippen LogP contribution is 2.20. The number of methoxy groups -OCH3 is 1. The van der Waals surface area contributed by atoms with E-state index in [1.165, 1.54) is 5.56 Å². The first-order chi connectivity index (χ1) is 17.5. The first kappa shape index (κ1) is 27.9. The van der Waals surface area contributed by atoms with Crippen molar-refractivity contribution in [2.75, 3.05) is 45.2 Å². The second kappa shape index (κ2) is 14.8. The number of rotatable bonds is 15. The molecule has 2 aromatic rings. The fourth-order valence-electron chi connectivity index (χ4n) is 4.33. The highest BCUT2D eigenvalue weighted by Gasteiger charge is 2.21. The predicted octanol–water partition coefficient (Wildman–Crippen LogP) is 3.57. The lowest BCUT2D eigenvalue weighted by atomic mass is 10.1. The van der Waals surface area contributed by atoms with E-state index in [0.717, 1.165) is 56.7 Å². The van der Waals surface area contributed by atoms with Crippen molar-refractivity contribution >= 4 is 29.3 Å². The Balaban J connectivity index is 1.45. The van der Waals surface area contributed by atoms with E-state index in [1.54, 1.807) is 31.4 Å². The number of fused-ring (bicyclic) bond motifs is 1. The zero-order valence-corrected chi connectivity index (χ0v) is 21.7. The van der Waals surface area contributed by atoms with Gasteiger partial charge in [-0.05, 0) is 68.3 Å². The molecular formula is C27H37ClN4O4. The van der Waals surface area contributed by atoms with Crippen molar-refractivity contribution < 1.29 is 19.4 Å². The Kier molecular flexibility index (Phi) is 11.5. The Hall–Kier alpha value is -2.68. The quantitative estimate of drug-likeness (QED) is 0.311. The molecule has 9 heteroatoms. The Labute approximate surface area is 218 Å². The predicted molar refractivity (Wildman–Crippen MR) is 142 cm³/mol. The van der Waals surface area contributed by atoms with E-state index in [-0.39, 0.29) is 12.3 Å². The van der Waals surface area contributed by atoms with E-state index < -0.39 is 12.0 Å². The average molecular weight is 517 g/mol. The Bertz CT molecular complexity index is 1000. The average Bonchev–Trinajstić information content (AvgIpc) is 2.88. The minimum Gasteiger partial charge on any atom is -0.480 e. The lowest BCUT2D eigenvalue weighted by Gasteiger charge is -2.24. The van der Waals surface area contributed by atoms with E-state index in [1.807, 2.05) is 0 Å². The van der Waals surface area contributed by atoms with Gasteiger partial charge in [0.2, 0.25) is 5.91 Å². The van der Waals surface area contributed by atoms with Crippen LogP contribution in [0.3, 0.4) is 0 Å². The van der Waals surface area contributed by atoms with Crippen LogP contribution < -0.4 is 10.6 Å². The van der Waals surface area contributed by atoms with E-state index in [2.05, 4.69) is 27.7 Å². The molecule has 1 aromatic heterocycles. The van der Waals surface area contributed by atoms with Gasteiger partial charge in [-0.15, -0.1) is 0 Å². The van der Waals surface area contributed by atoms with Crippen LogP contribution in [0.2, 0.25) is 5.02 Å². The SMILES string of the molecule is COCCN(CCCCc1ccc2c(n1)NCCC2)CCC(NC(=O)Cc1ccccc1Cl)C(=O)O. The van der Waals surface area contributed by atoms with Crippen LogP contribution in [0.5, 0.6) is 0 Å². The third kappa shape index (κ3) is 9.08. The van der Waals surface area contributed by atoms with E-state index in [0.29, 0.717) is 36.7 Å². The van der Waals surface area contributed by atoms with Gasteiger partial charge in [0.1, 0.15) is 11.9 Å². The summed E-state index contributed by atoms with van der Waals surface area (Å²) in [6.45, 7) is 3.63. The highest BCUT2D eigenvalue weighted by atomic mass is 35.5. The van der Waals surface area contributed by atoms with Crippen LogP contribution in [-0.2, 0) is 33.6 Å². The number of amides is 1. The fraction of sp³-hybridized carbons (Fsp3) is 0.519. The summed E-state index contributed by atoms with van der Waals surface area (Å²) in [5.41, 5.74) is 3.06. The third-order valence-corrected chi connectivity index (χ3v) is 6.77. The molecule has 36 heavy (non-hydrogen) atoms. The first-order valence-electron chi connectivity index (χ1n) is 12.7. The van der Waals surface area contributed by atoms with E-state index in [4.69, 9.17) is 21.3 Å². The summed E-state index contributed by atoms with van der Waals surface area (Å²) in [4.78, 5) is 31.2. The van der Waals surface area contributed by atoms with Gasteiger partial charge in [-0.1, -0.05) is 35.9 Å². The Morgan fingerprint density at radius 3 is 2.81 bits per heavy atom. The van der Waals surface area contributed by atoms with Crippen LogP contribution in [0.25, 0.3) is 0 Å². The molecule has 8 nitrogen and oxygen atoms in total. The molecule has 0 aliphatic carbocycles. The number of carbonyl (C=O) groups excluding carboxylic acids is 1. The summed E-state index contributed by atoms with van der Waals surface area (Å²) < 4.78 is 5.24. The molecule has 3 N–H and O–H groups in total. The summed E-state index contributed by atoms with van der Waals surface area (Å²) >= 11 is 6.13. The fourth-order valence-corrected chi connectivity index (χ4v) is 4.54. The van der Waals surface area contributed by atoms with Crippen molar-refractivity contribution in [1.82, 2.24) is 15.2 Å². The van der Waals surface area contributed by atoms with Crippen molar-refractivity contribution in [1.29, 1.82) is 0 Å². The number of nitrogens with zero attached hydrogens (tertiary/aromatic N) is 2. The molecule has 0 saturated carbocycles. The van der Waals surface area contributed by atoms with Crippen LogP contribution in [0, 0.1) is 0 Å². The first-order valence-corrected chi connectivity index (χ1v) is 13.0. The molecule has 2 heterocycles. The summed E-state index contributed by atoms with van der Waals surface area (Å²) in [5.74, 6) is -0.371. The number of unbranched alkanes of at least 4 members (excludes halogenated alkanes) is 1. The van der Waals surface area contributed by atoms with Crippen LogP contribution >= 0.6 is 11.6 Å². The second-order valence-corrected chi connectivity index (χ2v) is 9.55. The van der Waals surface area contributed by atoms with Gasteiger partial charge >= 0.3 is 5.97 Å². The normalized spacial score (nSPS) is 13.6. The second-order valence-electron chi connectivity index (χ2n) is 9.15. The van der Waals surface area contributed by atoms with Gasteiger partial charge in [-0.2, -0.15) is 0 Å². The molecule has 1 unspecified atom stereocenters. The van der Waals surface area contributed by atoms with Crippen molar-refractivity contribution in [2.24, 2.45) is 0 Å². The number of hydrogen-bond acceptors (Lipinski definition) is 6. The van der Waals surface area contributed by atoms with Gasteiger partial charge in [-0.25, -0.2) is 9.78 Å². The number of ether oxygens (including phenoxy) is 1. The van der Waals surface area contributed by atoms with Gasteiger partial charge < -0.3 is 25.4 Å². The number of aromatic nitrogens is 1. The number of aryl methyl sites for hydroxylation is 2. The Morgan fingerprint density at radius 2 is 2.03 bits per heavy atom. The van der Waals surface area contributed by atoms with Crippen LogP contribution in [-0.4, -0.2) is 72.8 Å². The number of nitrogens with one attached hydrogen (secondary N) is 2. The van der Waals surface area contributed by atoms with Crippen molar-refractivity contribution in [3.8, 4) is 0 Å². The lowest BCUT2D eigenvalue weighted by Crippen LogP contribution is -2.44. The third-order valence-electron chi connectivity index (χ3n) is 6.40. The van der Waals surface area contributed by atoms with Crippen molar-refractivity contribution in [3.63, 3.8) is 0 Å². The van der Waals surface area contributed by atoms with Gasteiger partial charge in [0.05, 0.1) is 13.0 Å². The zero-order valence-electron chi connectivity index (χ0n) is 21.0. The maximum Gasteiger partial charge on any atom is 0.326 e. The Morgan fingerprint density at radius 1 is 1.19 bits per heavy atom. The molecule has 1 aromatic carbocycles. The van der Waals surface area contributed by atoms with Gasteiger partial charge in [0, 0.05) is 37.5 Å². The molecule has 1 aliphatic heterocycles. The monoisotopic (exact) mass is 516 g/mol. The number of carbonyl (C=O) groups is 2. The summed E-state index contributed by atoms with van der Waals surface area (Å²) in [6.07, 6.45) is 5.46.